The Morgan fingerprint density at radius 2 is 2.07 bits per heavy atom. The van der Waals surface area contributed by atoms with E-state index in [9.17, 15) is 9.18 Å². The summed E-state index contributed by atoms with van der Waals surface area (Å²) >= 11 is 0. The molecule has 5 nitrogen and oxygen atoms in total. The maximum Gasteiger partial charge on any atom is 0.260 e. The van der Waals surface area contributed by atoms with E-state index < -0.39 is 11.4 Å². The molecule has 14 heavy (non-hydrogen) atoms. The summed E-state index contributed by atoms with van der Waals surface area (Å²) in [6.45, 7) is 0. The number of benzene rings is 1. The Balaban J connectivity index is 3.02. The molecule has 0 radical (unpaired) electrons. The number of nitrogens with zero attached hydrogens (tertiary/aromatic N) is 1. The first kappa shape index (κ1) is 8.49. The smallest absolute Gasteiger partial charge is 0.260 e. The third-order valence-corrected chi connectivity index (χ3v) is 1.80. The van der Waals surface area contributed by atoms with Crippen LogP contribution in [0.15, 0.2) is 16.9 Å². The van der Waals surface area contributed by atoms with Crippen LogP contribution in [0.4, 0.5) is 16.0 Å². The van der Waals surface area contributed by atoms with Crippen LogP contribution >= 0.6 is 0 Å². The number of nitrogens with two attached hydrogens (primary N) is 2. The standard InChI is InChI=1S/C8H7FN4O/c9-5-2-3(10)1-4-6(5)12-8(11)13-7(4)14/h1-2H,10H2,(H3,11,12,13,14). The molecule has 0 amide bonds. The zero-order valence-corrected chi connectivity index (χ0v) is 7.04. The first-order valence-corrected chi connectivity index (χ1v) is 3.82. The van der Waals surface area contributed by atoms with E-state index >= 15 is 0 Å². The van der Waals surface area contributed by atoms with Crippen LogP contribution in [0.1, 0.15) is 0 Å². The zero-order chi connectivity index (χ0) is 10.3. The summed E-state index contributed by atoms with van der Waals surface area (Å²) in [4.78, 5) is 17.2. The maximum atomic E-state index is 13.3. The molecule has 0 saturated carbocycles. The van der Waals surface area contributed by atoms with E-state index in [4.69, 9.17) is 11.5 Å². The zero-order valence-electron chi connectivity index (χ0n) is 7.04. The minimum absolute atomic E-state index is 0.0690. The molecule has 0 unspecified atom stereocenters. The van der Waals surface area contributed by atoms with Crippen LogP contribution in [0.3, 0.4) is 0 Å². The average molecular weight is 194 g/mol. The van der Waals surface area contributed by atoms with Gasteiger partial charge < -0.3 is 11.5 Å². The lowest BCUT2D eigenvalue weighted by molar-refractivity contribution is 0.637. The van der Waals surface area contributed by atoms with Crippen molar-refractivity contribution in [2.24, 2.45) is 0 Å². The van der Waals surface area contributed by atoms with E-state index in [2.05, 4.69) is 9.97 Å². The predicted octanol–water partition coefficient (Wildman–Crippen LogP) is 0.227. The molecule has 0 aliphatic heterocycles. The molecule has 0 aliphatic carbocycles. The maximum absolute atomic E-state index is 13.3. The number of H-pyrrole nitrogens is 1. The number of hydrogen-bond donors (Lipinski definition) is 3. The molecule has 1 aromatic carbocycles. The van der Waals surface area contributed by atoms with Crippen molar-refractivity contribution < 1.29 is 4.39 Å². The van der Waals surface area contributed by atoms with E-state index in [1.165, 1.54) is 6.07 Å². The third kappa shape index (κ3) is 1.17. The monoisotopic (exact) mass is 194 g/mol. The second kappa shape index (κ2) is 2.69. The minimum atomic E-state index is -0.655. The van der Waals surface area contributed by atoms with Gasteiger partial charge >= 0.3 is 0 Å². The quantitative estimate of drug-likeness (QED) is 0.523. The molecule has 5 N–H and O–H groups in total. The Morgan fingerprint density at radius 3 is 2.79 bits per heavy atom. The highest BCUT2D eigenvalue weighted by Gasteiger charge is 2.07. The topological polar surface area (TPSA) is 97.8 Å². The number of aromatic nitrogens is 2. The summed E-state index contributed by atoms with van der Waals surface area (Å²) in [5.41, 5.74) is 10.2. The summed E-state index contributed by atoms with van der Waals surface area (Å²) in [5, 5.41) is 0.0942. The number of nitrogen functional groups attached to an aromatic ring is 2. The van der Waals surface area contributed by atoms with E-state index in [1.54, 1.807) is 0 Å². The van der Waals surface area contributed by atoms with Gasteiger partial charge in [0.25, 0.3) is 5.56 Å². The lowest BCUT2D eigenvalue weighted by atomic mass is 10.2. The van der Waals surface area contributed by atoms with E-state index in [0.29, 0.717) is 0 Å². The summed E-state index contributed by atoms with van der Waals surface area (Å²) in [6.07, 6.45) is 0. The summed E-state index contributed by atoms with van der Waals surface area (Å²) in [7, 11) is 0. The van der Waals surface area contributed by atoms with Gasteiger partial charge in [0.15, 0.2) is 5.82 Å². The number of halogens is 1. The fraction of sp³-hybridized carbons (Fsp3) is 0. The molecular weight excluding hydrogens is 187 g/mol. The number of aromatic amines is 1. The fourth-order valence-corrected chi connectivity index (χ4v) is 1.24. The van der Waals surface area contributed by atoms with Crippen LogP contribution < -0.4 is 17.0 Å². The molecule has 2 rings (SSSR count). The number of fused-ring (bicyclic) bond motifs is 1. The molecule has 2 aromatic rings. The predicted molar refractivity (Wildman–Crippen MR) is 51.1 cm³/mol. The Labute approximate surface area is 77.6 Å². The van der Waals surface area contributed by atoms with Gasteiger partial charge in [0.2, 0.25) is 5.95 Å². The van der Waals surface area contributed by atoms with Crippen molar-refractivity contribution in [3.63, 3.8) is 0 Å². The lowest BCUT2D eigenvalue weighted by Crippen LogP contribution is -2.12. The van der Waals surface area contributed by atoms with Gasteiger partial charge in [0.05, 0.1) is 5.39 Å². The van der Waals surface area contributed by atoms with Crippen LogP contribution in [-0.2, 0) is 0 Å². The van der Waals surface area contributed by atoms with E-state index in [0.717, 1.165) is 6.07 Å². The van der Waals surface area contributed by atoms with Crippen molar-refractivity contribution >= 4 is 22.5 Å². The molecule has 0 atom stereocenters. The Bertz CT molecular complexity index is 563. The molecular formula is C8H7FN4O. The van der Waals surface area contributed by atoms with Crippen LogP contribution in [0, 0.1) is 5.82 Å². The number of rotatable bonds is 0. The third-order valence-electron chi connectivity index (χ3n) is 1.80. The molecule has 0 spiro atoms. The normalized spacial score (nSPS) is 10.6. The van der Waals surface area contributed by atoms with Gasteiger partial charge in [-0.1, -0.05) is 0 Å². The molecule has 0 fully saturated rings. The molecule has 1 heterocycles. The van der Waals surface area contributed by atoms with E-state index in [-0.39, 0.29) is 22.5 Å². The first-order valence-electron chi connectivity index (χ1n) is 3.82. The minimum Gasteiger partial charge on any atom is -0.399 e. The van der Waals surface area contributed by atoms with Crippen LogP contribution in [0.5, 0.6) is 0 Å². The molecule has 0 bridgehead atoms. The van der Waals surface area contributed by atoms with Gasteiger partial charge in [-0.2, -0.15) is 0 Å². The molecule has 0 aliphatic rings. The van der Waals surface area contributed by atoms with E-state index in [1.807, 2.05) is 0 Å². The highest BCUT2D eigenvalue weighted by molar-refractivity contribution is 5.82. The Morgan fingerprint density at radius 1 is 1.36 bits per heavy atom. The van der Waals surface area contributed by atoms with Crippen LogP contribution in [0.25, 0.3) is 10.9 Å². The van der Waals surface area contributed by atoms with Gasteiger partial charge in [-0.25, -0.2) is 9.37 Å². The molecule has 72 valence electrons. The molecule has 6 heteroatoms. The second-order valence-electron chi connectivity index (χ2n) is 2.85. The van der Waals surface area contributed by atoms with Gasteiger partial charge in [-0.15, -0.1) is 0 Å². The van der Waals surface area contributed by atoms with Crippen molar-refractivity contribution in [2.45, 2.75) is 0 Å². The Kier molecular flexibility index (Phi) is 1.63. The van der Waals surface area contributed by atoms with Crippen molar-refractivity contribution in [3.05, 3.63) is 28.3 Å². The van der Waals surface area contributed by atoms with Gasteiger partial charge in [0.1, 0.15) is 5.52 Å². The highest BCUT2D eigenvalue weighted by atomic mass is 19.1. The Hall–Kier alpha value is -2.11. The van der Waals surface area contributed by atoms with Crippen LogP contribution in [-0.4, -0.2) is 9.97 Å². The number of nitrogens with one attached hydrogen (secondary N) is 1. The largest absolute Gasteiger partial charge is 0.399 e. The summed E-state index contributed by atoms with van der Waals surface area (Å²) in [6, 6.07) is 2.44. The number of hydrogen-bond acceptors (Lipinski definition) is 4. The van der Waals surface area contributed by atoms with Gasteiger partial charge in [-0.3, -0.25) is 9.78 Å². The van der Waals surface area contributed by atoms with Crippen molar-refractivity contribution in [1.82, 2.24) is 9.97 Å². The second-order valence-corrected chi connectivity index (χ2v) is 2.85. The summed E-state index contributed by atoms with van der Waals surface area (Å²) in [5.74, 6) is -0.774. The molecule has 1 aromatic heterocycles. The highest BCUT2D eigenvalue weighted by Crippen LogP contribution is 2.16. The van der Waals surface area contributed by atoms with Gasteiger partial charge in [0, 0.05) is 5.69 Å². The van der Waals surface area contributed by atoms with Crippen molar-refractivity contribution in [2.75, 3.05) is 11.5 Å². The summed E-state index contributed by atoms with van der Waals surface area (Å²) < 4.78 is 13.3. The van der Waals surface area contributed by atoms with Crippen LogP contribution in [0.2, 0.25) is 0 Å². The van der Waals surface area contributed by atoms with Crippen molar-refractivity contribution in [1.29, 1.82) is 0 Å². The molecule has 0 saturated heterocycles. The fourth-order valence-electron chi connectivity index (χ4n) is 1.24. The lowest BCUT2D eigenvalue weighted by Gasteiger charge is -2.00. The SMILES string of the molecule is Nc1cc(F)c2nc(N)[nH]c(=O)c2c1. The average Bonchev–Trinajstić information content (AvgIpc) is 2.07. The van der Waals surface area contributed by atoms with Crippen molar-refractivity contribution in [3.8, 4) is 0 Å². The van der Waals surface area contributed by atoms with Gasteiger partial charge in [-0.05, 0) is 12.1 Å². The first-order chi connectivity index (χ1) is 6.58. The number of anilines is 2.